The van der Waals surface area contributed by atoms with Crippen molar-refractivity contribution in [3.8, 4) is 0 Å². The maximum absolute atomic E-state index is 5.20. The second kappa shape index (κ2) is 4.08. The summed E-state index contributed by atoms with van der Waals surface area (Å²) >= 11 is 4.60. The molecule has 11 heavy (non-hydrogen) atoms. The molecule has 3 N–H and O–H groups in total. The molecule has 3 nitrogen and oxygen atoms in total. The predicted octanol–water partition coefficient (Wildman–Crippen LogP) is 0.916. The van der Waals surface area contributed by atoms with E-state index in [4.69, 9.17) is 5.73 Å². The molecule has 0 saturated carbocycles. The largest absolute Gasteiger partial charge is 0.375 e. The SMILES string of the molecule is NC(=S)N/N=C1/C=CCCC1. The number of rotatable bonds is 1. The van der Waals surface area contributed by atoms with Gasteiger partial charge in [-0.3, -0.25) is 5.43 Å². The summed E-state index contributed by atoms with van der Waals surface area (Å²) in [5.74, 6) is 0. The zero-order valence-corrected chi connectivity index (χ0v) is 7.03. The minimum Gasteiger partial charge on any atom is -0.375 e. The van der Waals surface area contributed by atoms with Gasteiger partial charge in [0.25, 0.3) is 0 Å². The molecule has 0 aromatic rings. The second-order valence-electron chi connectivity index (χ2n) is 2.37. The number of nitrogens with two attached hydrogens (primary N) is 1. The highest BCUT2D eigenvalue weighted by atomic mass is 32.1. The first-order valence-corrected chi connectivity index (χ1v) is 3.98. The van der Waals surface area contributed by atoms with Crippen molar-refractivity contribution in [1.82, 2.24) is 5.43 Å². The molecule has 0 aromatic heterocycles. The fourth-order valence-electron chi connectivity index (χ4n) is 0.924. The van der Waals surface area contributed by atoms with Gasteiger partial charge in [0.05, 0.1) is 5.71 Å². The zero-order valence-electron chi connectivity index (χ0n) is 6.21. The molecule has 4 heteroatoms. The molecule has 0 fully saturated rings. The van der Waals surface area contributed by atoms with Gasteiger partial charge in [0.15, 0.2) is 5.11 Å². The Kier molecular flexibility index (Phi) is 3.04. The molecule has 0 amide bonds. The summed E-state index contributed by atoms with van der Waals surface area (Å²) in [6, 6.07) is 0. The lowest BCUT2D eigenvalue weighted by molar-refractivity contribution is 0.865. The van der Waals surface area contributed by atoms with Crippen LogP contribution in [0.1, 0.15) is 19.3 Å². The lowest BCUT2D eigenvalue weighted by atomic mass is 10.1. The van der Waals surface area contributed by atoms with E-state index in [2.05, 4.69) is 28.8 Å². The summed E-state index contributed by atoms with van der Waals surface area (Å²) in [4.78, 5) is 0. The number of hydrogen-bond acceptors (Lipinski definition) is 2. The van der Waals surface area contributed by atoms with E-state index in [1.807, 2.05) is 6.08 Å². The van der Waals surface area contributed by atoms with Gasteiger partial charge in [-0.05, 0) is 37.6 Å². The van der Waals surface area contributed by atoms with Crippen molar-refractivity contribution in [3.63, 3.8) is 0 Å². The van der Waals surface area contributed by atoms with Crippen molar-refractivity contribution in [2.24, 2.45) is 10.8 Å². The Morgan fingerprint density at radius 1 is 1.73 bits per heavy atom. The third-order valence-electron chi connectivity index (χ3n) is 1.42. The van der Waals surface area contributed by atoms with Gasteiger partial charge in [-0.2, -0.15) is 5.10 Å². The quantitative estimate of drug-likeness (QED) is 0.453. The van der Waals surface area contributed by atoms with Gasteiger partial charge in [0, 0.05) is 0 Å². The molecule has 0 aliphatic heterocycles. The molecule has 1 aliphatic carbocycles. The van der Waals surface area contributed by atoms with Crippen molar-refractivity contribution in [1.29, 1.82) is 0 Å². The van der Waals surface area contributed by atoms with Crippen LogP contribution in [0, 0.1) is 0 Å². The average Bonchev–Trinajstić information content (AvgIpc) is 2.03. The van der Waals surface area contributed by atoms with Crippen LogP contribution in [0.15, 0.2) is 17.3 Å². The summed E-state index contributed by atoms with van der Waals surface area (Å²) in [5, 5.41) is 4.22. The zero-order chi connectivity index (χ0) is 8.10. The third kappa shape index (κ3) is 3.13. The molecule has 0 atom stereocenters. The Bertz CT molecular complexity index is 208. The molecular formula is C7H11N3S. The van der Waals surface area contributed by atoms with E-state index >= 15 is 0 Å². The fraction of sp³-hybridized carbons (Fsp3) is 0.429. The van der Waals surface area contributed by atoms with Gasteiger partial charge in [-0.25, -0.2) is 0 Å². The van der Waals surface area contributed by atoms with Crippen LogP contribution in [0.5, 0.6) is 0 Å². The Morgan fingerprint density at radius 2 is 2.55 bits per heavy atom. The average molecular weight is 169 g/mol. The number of nitrogens with zero attached hydrogens (tertiary/aromatic N) is 1. The van der Waals surface area contributed by atoms with Gasteiger partial charge in [-0.15, -0.1) is 0 Å². The summed E-state index contributed by atoms with van der Waals surface area (Å²) in [5.41, 5.74) is 8.78. The van der Waals surface area contributed by atoms with Crippen LogP contribution in [-0.2, 0) is 0 Å². The minimum absolute atomic E-state index is 0.219. The molecule has 0 radical (unpaired) electrons. The first-order valence-electron chi connectivity index (χ1n) is 3.57. The van der Waals surface area contributed by atoms with E-state index in [1.54, 1.807) is 0 Å². The van der Waals surface area contributed by atoms with Crippen LogP contribution in [0.2, 0.25) is 0 Å². The predicted molar refractivity (Wildman–Crippen MR) is 50.3 cm³/mol. The Labute approximate surface area is 71.3 Å². The number of nitrogens with one attached hydrogen (secondary N) is 1. The molecular weight excluding hydrogens is 158 g/mol. The minimum atomic E-state index is 0.219. The Morgan fingerprint density at radius 3 is 3.09 bits per heavy atom. The lowest BCUT2D eigenvalue weighted by Gasteiger charge is -2.05. The van der Waals surface area contributed by atoms with Crippen LogP contribution in [-0.4, -0.2) is 10.8 Å². The number of thiocarbonyl (C=S) groups is 1. The number of hydrogen-bond donors (Lipinski definition) is 2. The first-order chi connectivity index (χ1) is 5.29. The van der Waals surface area contributed by atoms with Crippen LogP contribution < -0.4 is 11.2 Å². The standard InChI is InChI=1S/C7H11N3S/c8-7(11)10-9-6-4-2-1-3-5-6/h2,4H,1,3,5H2,(H3,8,10,11)/b9-6-. The van der Waals surface area contributed by atoms with Crippen molar-refractivity contribution in [3.05, 3.63) is 12.2 Å². The summed E-state index contributed by atoms with van der Waals surface area (Å²) < 4.78 is 0. The van der Waals surface area contributed by atoms with Crippen LogP contribution in [0.4, 0.5) is 0 Å². The number of hydrazone groups is 1. The Hall–Kier alpha value is -0.900. The van der Waals surface area contributed by atoms with Crippen LogP contribution >= 0.6 is 12.2 Å². The summed E-state index contributed by atoms with van der Waals surface area (Å²) in [6.45, 7) is 0. The summed E-state index contributed by atoms with van der Waals surface area (Å²) in [7, 11) is 0. The molecule has 0 unspecified atom stereocenters. The van der Waals surface area contributed by atoms with Crippen molar-refractivity contribution < 1.29 is 0 Å². The summed E-state index contributed by atoms with van der Waals surface area (Å²) in [6.07, 6.45) is 7.41. The molecule has 0 spiro atoms. The molecule has 0 heterocycles. The molecule has 60 valence electrons. The van der Waals surface area contributed by atoms with Crippen LogP contribution in [0.25, 0.3) is 0 Å². The molecule has 0 bridgehead atoms. The van der Waals surface area contributed by atoms with Gasteiger partial charge >= 0.3 is 0 Å². The second-order valence-corrected chi connectivity index (χ2v) is 2.81. The smallest absolute Gasteiger partial charge is 0.184 e. The lowest BCUT2D eigenvalue weighted by Crippen LogP contribution is -2.25. The number of allylic oxidation sites excluding steroid dienone is 2. The highest BCUT2D eigenvalue weighted by Crippen LogP contribution is 2.06. The monoisotopic (exact) mass is 169 g/mol. The van der Waals surface area contributed by atoms with E-state index in [1.165, 1.54) is 0 Å². The first kappa shape index (κ1) is 8.20. The normalized spacial score (nSPS) is 20.2. The van der Waals surface area contributed by atoms with E-state index < -0.39 is 0 Å². The molecule has 0 aromatic carbocycles. The van der Waals surface area contributed by atoms with Crippen molar-refractivity contribution in [2.45, 2.75) is 19.3 Å². The fourth-order valence-corrected chi connectivity index (χ4v) is 0.969. The van der Waals surface area contributed by atoms with Gasteiger partial charge in [-0.1, -0.05) is 6.08 Å². The molecule has 0 saturated heterocycles. The van der Waals surface area contributed by atoms with E-state index in [-0.39, 0.29) is 5.11 Å². The van der Waals surface area contributed by atoms with Crippen molar-refractivity contribution >= 4 is 23.0 Å². The van der Waals surface area contributed by atoms with E-state index in [9.17, 15) is 0 Å². The van der Waals surface area contributed by atoms with E-state index in [0.717, 1.165) is 25.0 Å². The topological polar surface area (TPSA) is 50.4 Å². The molecule has 1 rings (SSSR count). The van der Waals surface area contributed by atoms with Gasteiger partial charge < -0.3 is 5.73 Å². The van der Waals surface area contributed by atoms with Gasteiger partial charge in [0.2, 0.25) is 0 Å². The van der Waals surface area contributed by atoms with Gasteiger partial charge in [0.1, 0.15) is 0 Å². The van der Waals surface area contributed by atoms with Crippen molar-refractivity contribution in [2.75, 3.05) is 0 Å². The van der Waals surface area contributed by atoms with E-state index in [0.29, 0.717) is 0 Å². The Balaban J connectivity index is 2.44. The highest BCUT2D eigenvalue weighted by molar-refractivity contribution is 7.80. The third-order valence-corrected chi connectivity index (χ3v) is 1.51. The molecule has 1 aliphatic rings. The maximum atomic E-state index is 5.20. The maximum Gasteiger partial charge on any atom is 0.184 e. The highest BCUT2D eigenvalue weighted by Gasteiger charge is 1.99. The van der Waals surface area contributed by atoms with Crippen LogP contribution in [0.3, 0.4) is 0 Å².